The normalized spacial score (nSPS) is 28.3. The Bertz CT molecular complexity index is 410. The molecule has 1 aliphatic rings. The van der Waals surface area contributed by atoms with E-state index in [0.29, 0.717) is 6.54 Å². The van der Waals surface area contributed by atoms with E-state index >= 15 is 0 Å². The molecule has 1 saturated carbocycles. The maximum Gasteiger partial charge on any atom is 0.123 e. The molecule has 112 valence electrons. The number of halogens is 1. The molecule has 0 heterocycles. The van der Waals surface area contributed by atoms with Crippen LogP contribution in [0.5, 0.6) is 0 Å². The zero-order chi connectivity index (χ0) is 14.6. The third-order valence-electron chi connectivity index (χ3n) is 4.44. The molecule has 0 radical (unpaired) electrons. The lowest BCUT2D eigenvalue weighted by molar-refractivity contribution is -0.00777. The molecule has 20 heavy (non-hydrogen) atoms. The van der Waals surface area contributed by atoms with Crippen molar-refractivity contribution in [1.29, 1.82) is 0 Å². The first kappa shape index (κ1) is 15.5. The predicted octanol–water partition coefficient (Wildman–Crippen LogP) is 3.29. The van der Waals surface area contributed by atoms with Crippen LogP contribution in [0, 0.1) is 11.7 Å². The molecule has 1 unspecified atom stereocenters. The van der Waals surface area contributed by atoms with Crippen molar-refractivity contribution in [3.63, 3.8) is 0 Å². The Kier molecular flexibility index (Phi) is 5.17. The summed E-state index contributed by atoms with van der Waals surface area (Å²) in [7, 11) is 0. The molecule has 1 atom stereocenters. The molecule has 2 nitrogen and oxygen atoms in total. The summed E-state index contributed by atoms with van der Waals surface area (Å²) in [5.74, 6) is 0.548. The monoisotopic (exact) mass is 279 g/mol. The van der Waals surface area contributed by atoms with E-state index in [-0.39, 0.29) is 11.9 Å². The van der Waals surface area contributed by atoms with Crippen molar-refractivity contribution < 1.29 is 9.50 Å². The molecule has 0 amide bonds. The highest BCUT2D eigenvalue weighted by atomic mass is 19.1. The number of hydrogen-bond donors (Lipinski definition) is 2. The van der Waals surface area contributed by atoms with E-state index in [1.165, 1.54) is 12.1 Å². The lowest BCUT2D eigenvalue weighted by atomic mass is 9.79. The predicted molar refractivity (Wildman–Crippen MR) is 80.2 cm³/mol. The van der Waals surface area contributed by atoms with Crippen molar-refractivity contribution in [1.82, 2.24) is 5.32 Å². The van der Waals surface area contributed by atoms with Crippen molar-refractivity contribution in [2.24, 2.45) is 5.92 Å². The second-order valence-corrected chi connectivity index (χ2v) is 6.52. The zero-order valence-corrected chi connectivity index (χ0v) is 12.5. The minimum atomic E-state index is -0.538. The molecule has 0 spiro atoms. The fourth-order valence-electron chi connectivity index (χ4n) is 2.89. The quantitative estimate of drug-likeness (QED) is 0.867. The Balaban J connectivity index is 1.77. The highest BCUT2D eigenvalue weighted by Crippen LogP contribution is 2.31. The number of hydrogen-bond acceptors (Lipinski definition) is 2. The van der Waals surface area contributed by atoms with E-state index in [1.807, 2.05) is 12.1 Å². The average Bonchev–Trinajstić information content (AvgIpc) is 2.43. The van der Waals surface area contributed by atoms with Gasteiger partial charge in [0.15, 0.2) is 0 Å². The van der Waals surface area contributed by atoms with Crippen molar-refractivity contribution in [3.05, 3.63) is 35.6 Å². The SMILES string of the molecule is CC1CCC(O)(CNC(C)Cc2ccc(F)cc2)CC1. The van der Waals surface area contributed by atoms with Gasteiger partial charge >= 0.3 is 0 Å². The van der Waals surface area contributed by atoms with Crippen LogP contribution in [0.2, 0.25) is 0 Å². The van der Waals surface area contributed by atoms with Crippen LogP contribution in [0.15, 0.2) is 24.3 Å². The summed E-state index contributed by atoms with van der Waals surface area (Å²) in [4.78, 5) is 0. The van der Waals surface area contributed by atoms with Gasteiger partial charge in [0.2, 0.25) is 0 Å². The Morgan fingerprint density at radius 2 is 1.90 bits per heavy atom. The summed E-state index contributed by atoms with van der Waals surface area (Å²) >= 11 is 0. The maximum absolute atomic E-state index is 12.8. The van der Waals surface area contributed by atoms with E-state index < -0.39 is 5.60 Å². The van der Waals surface area contributed by atoms with Crippen molar-refractivity contribution >= 4 is 0 Å². The second kappa shape index (κ2) is 6.68. The molecule has 1 aliphatic carbocycles. The first-order valence-corrected chi connectivity index (χ1v) is 7.67. The zero-order valence-electron chi connectivity index (χ0n) is 12.5. The van der Waals surface area contributed by atoms with Gasteiger partial charge in [-0.25, -0.2) is 4.39 Å². The average molecular weight is 279 g/mol. The van der Waals surface area contributed by atoms with Gasteiger partial charge in [-0.2, -0.15) is 0 Å². The Morgan fingerprint density at radius 3 is 2.50 bits per heavy atom. The van der Waals surface area contributed by atoms with Crippen LogP contribution in [-0.4, -0.2) is 23.3 Å². The van der Waals surface area contributed by atoms with E-state index in [1.54, 1.807) is 0 Å². The van der Waals surface area contributed by atoms with Crippen LogP contribution in [0.1, 0.15) is 45.1 Å². The molecule has 2 rings (SSSR count). The molecule has 0 saturated heterocycles. The molecule has 1 aromatic carbocycles. The van der Waals surface area contributed by atoms with E-state index in [0.717, 1.165) is 43.6 Å². The van der Waals surface area contributed by atoms with Gasteiger partial charge in [-0.05, 0) is 62.6 Å². The van der Waals surface area contributed by atoms with Gasteiger partial charge < -0.3 is 10.4 Å². The fourth-order valence-corrected chi connectivity index (χ4v) is 2.89. The summed E-state index contributed by atoms with van der Waals surface area (Å²) in [5, 5.41) is 14.0. The van der Waals surface area contributed by atoms with Gasteiger partial charge in [-0.1, -0.05) is 19.1 Å². The van der Waals surface area contributed by atoms with E-state index in [4.69, 9.17) is 0 Å². The lowest BCUT2D eigenvalue weighted by Gasteiger charge is -2.36. The minimum absolute atomic E-state index is 0.194. The molecule has 1 fully saturated rings. The minimum Gasteiger partial charge on any atom is -0.389 e. The molecule has 0 aliphatic heterocycles. The summed E-state index contributed by atoms with van der Waals surface area (Å²) < 4.78 is 12.8. The topological polar surface area (TPSA) is 32.3 Å². The fraction of sp³-hybridized carbons (Fsp3) is 0.647. The number of rotatable bonds is 5. The standard InChI is InChI=1S/C17H26FNO/c1-13-7-9-17(20,10-8-13)12-19-14(2)11-15-3-5-16(18)6-4-15/h3-6,13-14,19-20H,7-12H2,1-2H3. The lowest BCUT2D eigenvalue weighted by Crippen LogP contribution is -2.46. The molecule has 3 heteroatoms. The van der Waals surface area contributed by atoms with E-state index in [2.05, 4.69) is 19.2 Å². The molecule has 0 aromatic heterocycles. The summed E-state index contributed by atoms with van der Waals surface area (Å²) in [6.45, 7) is 5.02. The second-order valence-electron chi connectivity index (χ2n) is 6.52. The molecular weight excluding hydrogens is 253 g/mol. The van der Waals surface area contributed by atoms with Gasteiger partial charge in [0.1, 0.15) is 5.82 Å². The van der Waals surface area contributed by atoms with Crippen LogP contribution in [0.3, 0.4) is 0 Å². The Hall–Kier alpha value is -0.930. The first-order valence-electron chi connectivity index (χ1n) is 7.67. The van der Waals surface area contributed by atoms with Crippen LogP contribution >= 0.6 is 0 Å². The molecule has 2 N–H and O–H groups in total. The van der Waals surface area contributed by atoms with Crippen LogP contribution in [0.25, 0.3) is 0 Å². The molecule has 1 aromatic rings. The van der Waals surface area contributed by atoms with E-state index in [9.17, 15) is 9.50 Å². The molecule has 0 bridgehead atoms. The van der Waals surface area contributed by atoms with Crippen molar-refractivity contribution in [2.75, 3.05) is 6.54 Å². The van der Waals surface area contributed by atoms with Gasteiger partial charge in [0.05, 0.1) is 5.60 Å². The van der Waals surface area contributed by atoms with Gasteiger partial charge in [-0.3, -0.25) is 0 Å². The summed E-state index contributed by atoms with van der Waals surface area (Å²) in [6, 6.07) is 6.93. The first-order chi connectivity index (χ1) is 9.47. The highest BCUT2D eigenvalue weighted by Gasteiger charge is 2.31. The van der Waals surface area contributed by atoms with Crippen molar-refractivity contribution in [2.45, 2.75) is 57.6 Å². The third-order valence-corrected chi connectivity index (χ3v) is 4.44. The van der Waals surface area contributed by atoms with Gasteiger partial charge in [0, 0.05) is 12.6 Å². The third kappa shape index (κ3) is 4.57. The molecular formula is C17H26FNO. The Labute approximate surface area is 121 Å². The smallest absolute Gasteiger partial charge is 0.123 e. The van der Waals surface area contributed by atoms with Crippen LogP contribution in [-0.2, 0) is 6.42 Å². The summed E-state index contributed by atoms with van der Waals surface area (Å²) in [6.07, 6.45) is 4.87. The number of aliphatic hydroxyl groups is 1. The van der Waals surface area contributed by atoms with Crippen LogP contribution in [0.4, 0.5) is 4.39 Å². The van der Waals surface area contributed by atoms with Crippen LogP contribution < -0.4 is 5.32 Å². The highest BCUT2D eigenvalue weighted by molar-refractivity contribution is 5.17. The Morgan fingerprint density at radius 1 is 1.30 bits per heavy atom. The summed E-state index contributed by atoms with van der Waals surface area (Å²) in [5.41, 5.74) is 0.583. The van der Waals surface area contributed by atoms with Gasteiger partial charge in [0.25, 0.3) is 0 Å². The number of nitrogens with one attached hydrogen (secondary N) is 1. The maximum atomic E-state index is 12.8. The van der Waals surface area contributed by atoms with Crippen molar-refractivity contribution in [3.8, 4) is 0 Å². The number of benzene rings is 1. The largest absolute Gasteiger partial charge is 0.389 e. The van der Waals surface area contributed by atoms with Gasteiger partial charge in [-0.15, -0.1) is 0 Å².